The van der Waals surface area contributed by atoms with Gasteiger partial charge in [-0.15, -0.1) is 0 Å². The predicted octanol–water partition coefficient (Wildman–Crippen LogP) is 4.40. The van der Waals surface area contributed by atoms with Gasteiger partial charge in [-0.1, -0.05) is 36.4 Å². The average Bonchev–Trinajstić information content (AvgIpc) is 2.74. The molecule has 0 saturated carbocycles. The van der Waals surface area contributed by atoms with Crippen molar-refractivity contribution in [3.63, 3.8) is 0 Å². The summed E-state index contributed by atoms with van der Waals surface area (Å²) in [5.41, 5.74) is 3.47. The fourth-order valence-corrected chi connectivity index (χ4v) is 2.69. The second-order valence-corrected chi connectivity index (χ2v) is 6.38. The molecule has 5 heteroatoms. The highest BCUT2D eigenvalue weighted by Gasteiger charge is 2.10. The van der Waals surface area contributed by atoms with Gasteiger partial charge in [-0.25, -0.2) is 4.39 Å². The molecular formula is C23H19FN2O2. The summed E-state index contributed by atoms with van der Waals surface area (Å²) in [6.07, 6.45) is 0. The first-order chi connectivity index (χ1) is 13.5. The molecule has 1 amide bonds. The Hall–Kier alpha value is -3.65. The van der Waals surface area contributed by atoms with Crippen LogP contribution in [0, 0.1) is 17.1 Å². The van der Waals surface area contributed by atoms with Gasteiger partial charge in [0, 0.05) is 13.6 Å². The molecule has 0 aliphatic rings. The Morgan fingerprint density at radius 3 is 2.11 bits per heavy atom. The molecule has 0 aliphatic carbocycles. The van der Waals surface area contributed by atoms with E-state index in [0.29, 0.717) is 17.9 Å². The lowest BCUT2D eigenvalue weighted by Gasteiger charge is -2.17. The van der Waals surface area contributed by atoms with Crippen molar-refractivity contribution in [1.82, 2.24) is 4.90 Å². The lowest BCUT2D eigenvalue weighted by molar-refractivity contribution is -0.132. The normalized spacial score (nSPS) is 10.2. The van der Waals surface area contributed by atoms with Crippen molar-refractivity contribution in [3.05, 3.63) is 89.7 Å². The number of benzene rings is 3. The van der Waals surface area contributed by atoms with Gasteiger partial charge in [0.25, 0.3) is 5.91 Å². The summed E-state index contributed by atoms with van der Waals surface area (Å²) in [6, 6.07) is 22.9. The number of hydrogen-bond acceptors (Lipinski definition) is 3. The molecule has 0 heterocycles. The molecule has 140 valence electrons. The summed E-state index contributed by atoms with van der Waals surface area (Å²) in [7, 11) is 1.68. The Balaban J connectivity index is 1.54. The van der Waals surface area contributed by atoms with E-state index >= 15 is 0 Å². The standard InChI is InChI=1S/C23H19FN2O2/c1-26(15-18-4-10-21(24)11-5-18)23(27)16-28-22-12-8-20(9-13-22)19-6-2-17(14-25)3-7-19/h2-13H,15-16H2,1H3. The summed E-state index contributed by atoms with van der Waals surface area (Å²) in [5.74, 6) is 0.131. The van der Waals surface area contributed by atoms with Crippen molar-refractivity contribution < 1.29 is 13.9 Å². The third-order valence-corrected chi connectivity index (χ3v) is 4.32. The highest BCUT2D eigenvalue weighted by Crippen LogP contribution is 2.22. The van der Waals surface area contributed by atoms with Gasteiger partial charge in [-0.3, -0.25) is 4.79 Å². The van der Waals surface area contributed by atoms with Crippen molar-refractivity contribution in [2.75, 3.05) is 13.7 Å². The lowest BCUT2D eigenvalue weighted by atomic mass is 10.0. The van der Waals surface area contributed by atoms with Crippen LogP contribution in [0.15, 0.2) is 72.8 Å². The van der Waals surface area contributed by atoms with Gasteiger partial charge in [0.05, 0.1) is 11.6 Å². The Labute approximate surface area is 163 Å². The number of likely N-dealkylation sites (N-methyl/N-ethyl adjacent to an activating group) is 1. The molecule has 3 rings (SSSR count). The fourth-order valence-electron chi connectivity index (χ4n) is 2.69. The topological polar surface area (TPSA) is 53.3 Å². The van der Waals surface area contributed by atoms with E-state index in [9.17, 15) is 9.18 Å². The molecule has 0 spiro atoms. The van der Waals surface area contributed by atoms with Crippen LogP contribution >= 0.6 is 0 Å². The van der Waals surface area contributed by atoms with Crippen LogP contribution < -0.4 is 4.74 Å². The molecule has 0 aromatic heterocycles. The van der Waals surface area contributed by atoms with E-state index in [1.165, 1.54) is 12.1 Å². The maximum atomic E-state index is 12.9. The monoisotopic (exact) mass is 374 g/mol. The lowest BCUT2D eigenvalue weighted by Crippen LogP contribution is -2.30. The Morgan fingerprint density at radius 2 is 1.54 bits per heavy atom. The van der Waals surface area contributed by atoms with E-state index in [1.807, 2.05) is 24.3 Å². The van der Waals surface area contributed by atoms with Crippen molar-refractivity contribution in [1.29, 1.82) is 5.26 Å². The summed E-state index contributed by atoms with van der Waals surface area (Å²) < 4.78 is 18.5. The molecular weight excluding hydrogens is 355 g/mol. The molecule has 0 radical (unpaired) electrons. The number of nitrogens with zero attached hydrogens (tertiary/aromatic N) is 2. The number of carbonyl (C=O) groups excluding carboxylic acids is 1. The minimum atomic E-state index is -0.300. The maximum Gasteiger partial charge on any atom is 0.260 e. The third kappa shape index (κ3) is 4.95. The number of carbonyl (C=O) groups is 1. The van der Waals surface area contributed by atoms with Gasteiger partial charge in [-0.05, 0) is 53.1 Å². The Morgan fingerprint density at radius 1 is 0.964 bits per heavy atom. The van der Waals surface area contributed by atoms with Gasteiger partial charge >= 0.3 is 0 Å². The molecule has 0 atom stereocenters. The second kappa shape index (κ2) is 8.83. The molecule has 0 N–H and O–H groups in total. The zero-order valence-corrected chi connectivity index (χ0v) is 15.4. The average molecular weight is 374 g/mol. The van der Waals surface area contributed by atoms with Crippen molar-refractivity contribution in [3.8, 4) is 22.9 Å². The van der Waals surface area contributed by atoms with E-state index in [0.717, 1.165) is 16.7 Å². The number of nitriles is 1. The van der Waals surface area contributed by atoms with Crippen LogP contribution in [0.1, 0.15) is 11.1 Å². The van der Waals surface area contributed by atoms with Gasteiger partial charge in [0.15, 0.2) is 6.61 Å². The largest absolute Gasteiger partial charge is 0.484 e. The van der Waals surface area contributed by atoms with Crippen molar-refractivity contribution in [2.24, 2.45) is 0 Å². The van der Waals surface area contributed by atoms with Crippen LogP contribution in [0.5, 0.6) is 5.75 Å². The maximum absolute atomic E-state index is 12.9. The van der Waals surface area contributed by atoms with Crippen LogP contribution in [0.4, 0.5) is 4.39 Å². The van der Waals surface area contributed by atoms with Gasteiger partial charge in [0.2, 0.25) is 0 Å². The van der Waals surface area contributed by atoms with E-state index in [1.54, 1.807) is 48.3 Å². The van der Waals surface area contributed by atoms with Crippen molar-refractivity contribution in [2.45, 2.75) is 6.54 Å². The summed E-state index contributed by atoms with van der Waals surface area (Å²) in [5, 5.41) is 8.86. The highest BCUT2D eigenvalue weighted by atomic mass is 19.1. The van der Waals surface area contributed by atoms with E-state index in [4.69, 9.17) is 10.00 Å². The molecule has 0 aliphatic heterocycles. The molecule has 3 aromatic rings. The first-order valence-corrected chi connectivity index (χ1v) is 8.77. The number of rotatable bonds is 6. The first-order valence-electron chi connectivity index (χ1n) is 8.77. The Bertz CT molecular complexity index is 975. The van der Waals surface area contributed by atoms with E-state index in [2.05, 4.69) is 6.07 Å². The smallest absolute Gasteiger partial charge is 0.260 e. The zero-order chi connectivity index (χ0) is 19.9. The minimum absolute atomic E-state index is 0.0755. The van der Waals surface area contributed by atoms with Crippen LogP contribution in [0.2, 0.25) is 0 Å². The molecule has 28 heavy (non-hydrogen) atoms. The third-order valence-electron chi connectivity index (χ3n) is 4.32. The second-order valence-electron chi connectivity index (χ2n) is 6.38. The zero-order valence-electron chi connectivity index (χ0n) is 15.4. The number of amides is 1. The van der Waals surface area contributed by atoms with Gasteiger partial charge in [0.1, 0.15) is 11.6 Å². The SMILES string of the molecule is CN(Cc1ccc(F)cc1)C(=O)COc1ccc(-c2ccc(C#N)cc2)cc1. The van der Waals surface area contributed by atoms with Gasteiger partial charge in [-0.2, -0.15) is 5.26 Å². The van der Waals surface area contributed by atoms with E-state index < -0.39 is 0 Å². The van der Waals surface area contributed by atoms with Gasteiger partial charge < -0.3 is 9.64 Å². The molecule has 3 aromatic carbocycles. The van der Waals surface area contributed by atoms with Crippen LogP contribution in [-0.2, 0) is 11.3 Å². The highest BCUT2D eigenvalue weighted by molar-refractivity contribution is 5.77. The predicted molar refractivity (Wildman–Crippen MR) is 105 cm³/mol. The molecule has 0 fully saturated rings. The molecule has 0 unspecified atom stereocenters. The summed E-state index contributed by atoms with van der Waals surface area (Å²) in [4.78, 5) is 13.8. The minimum Gasteiger partial charge on any atom is -0.484 e. The summed E-state index contributed by atoms with van der Waals surface area (Å²) >= 11 is 0. The molecule has 0 saturated heterocycles. The van der Waals surface area contributed by atoms with Crippen LogP contribution in [-0.4, -0.2) is 24.5 Å². The molecule has 4 nitrogen and oxygen atoms in total. The quantitative estimate of drug-likeness (QED) is 0.643. The molecule has 0 bridgehead atoms. The fraction of sp³-hybridized carbons (Fsp3) is 0.130. The van der Waals surface area contributed by atoms with Crippen LogP contribution in [0.25, 0.3) is 11.1 Å². The van der Waals surface area contributed by atoms with Crippen molar-refractivity contribution >= 4 is 5.91 Å². The van der Waals surface area contributed by atoms with Crippen LogP contribution in [0.3, 0.4) is 0 Å². The number of hydrogen-bond donors (Lipinski definition) is 0. The Kier molecular flexibility index (Phi) is 6.03. The number of ether oxygens (including phenoxy) is 1. The number of halogens is 1. The first kappa shape index (κ1) is 19.1. The van der Waals surface area contributed by atoms with E-state index in [-0.39, 0.29) is 18.3 Å². The summed E-state index contributed by atoms with van der Waals surface area (Å²) in [6.45, 7) is 0.314.